The van der Waals surface area contributed by atoms with E-state index in [-0.39, 0.29) is 17.8 Å². The topological polar surface area (TPSA) is 68.0 Å². The molecule has 0 spiro atoms. The Kier molecular flexibility index (Phi) is 4.21. The third-order valence-electron chi connectivity index (χ3n) is 3.36. The lowest BCUT2D eigenvalue weighted by Gasteiger charge is -2.15. The third kappa shape index (κ3) is 3.37. The molecule has 1 aromatic carbocycles. The Bertz CT molecular complexity index is 685. The molecule has 1 amide bonds. The Morgan fingerprint density at radius 1 is 1.33 bits per heavy atom. The molecule has 21 heavy (non-hydrogen) atoms. The molecule has 1 atom stereocenters. The highest BCUT2D eigenvalue weighted by Crippen LogP contribution is 2.18. The van der Waals surface area contributed by atoms with Gasteiger partial charge in [0.25, 0.3) is 5.91 Å². The molecule has 0 fully saturated rings. The number of amides is 1. The second-order valence-electron chi connectivity index (χ2n) is 5.12. The fourth-order valence-electron chi connectivity index (χ4n) is 2.01. The van der Waals surface area contributed by atoms with E-state index in [2.05, 4.69) is 10.3 Å². The number of carbonyl (C=O) groups is 1. The summed E-state index contributed by atoms with van der Waals surface area (Å²) in [6.07, 6.45) is 1.45. The summed E-state index contributed by atoms with van der Waals surface area (Å²) in [6.45, 7) is 5.29. The van der Waals surface area contributed by atoms with E-state index in [0.717, 1.165) is 5.69 Å². The Labute approximate surface area is 123 Å². The Morgan fingerprint density at radius 3 is 2.67 bits per heavy atom. The van der Waals surface area contributed by atoms with Crippen molar-refractivity contribution in [2.24, 2.45) is 0 Å². The van der Waals surface area contributed by atoms with E-state index in [1.165, 1.54) is 12.3 Å². The van der Waals surface area contributed by atoms with Crippen LogP contribution in [0, 0.1) is 19.7 Å². The van der Waals surface area contributed by atoms with Crippen molar-refractivity contribution in [3.63, 3.8) is 0 Å². The first-order valence-corrected chi connectivity index (χ1v) is 6.67. The van der Waals surface area contributed by atoms with E-state index in [1.54, 1.807) is 39.0 Å². The lowest BCUT2D eigenvalue weighted by Crippen LogP contribution is -2.27. The van der Waals surface area contributed by atoms with Gasteiger partial charge in [-0.3, -0.25) is 9.78 Å². The summed E-state index contributed by atoms with van der Waals surface area (Å²) >= 11 is 0. The van der Waals surface area contributed by atoms with Gasteiger partial charge in [0.15, 0.2) is 0 Å². The minimum absolute atomic E-state index is 0.287. The molecule has 0 aliphatic carbocycles. The lowest BCUT2D eigenvalue weighted by atomic mass is 10.1. The van der Waals surface area contributed by atoms with Gasteiger partial charge in [-0.25, -0.2) is 4.39 Å². The minimum Gasteiger partial charge on any atom is -0.398 e. The Balaban J connectivity index is 2.16. The molecule has 110 valence electrons. The van der Waals surface area contributed by atoms with E-state index < -0.39 is 0 Å². The number of pyridine rings is 1. The maximum atomic E-state index is 13.6. The highest BCUT2D eigenvalue weighted by Gasteiger charge is 2.15. The number of aromatic nitrogens is 1. The van der Waals surface area contributed by atoms with Crippen LogP contribution in [0.25, 0.3) is 0 Å². The largest absolute Gasteiger partial charge is 0.398 e. The van der Waals surface area contributed by atoms with Gasteiger partial charge in [0.1, 0.15) is 5.82 Å². The third-order valence-corrected chi connectivity index (χ3v) is 3.36. The Morgan fingerprint density at radius 2 is 2.05 bits per heavy atom. The number of nitrogens with zero attached hydrogens (tertiary/aromatic N) is 1. The molecular weight excluding hydrogens is 269 g/mol. The van der Waals surface area contributed by atoms with E-state index in [0.29, 0.717) is 22.4 Å². The molecule has 1 heterocycles. The molecule has 0 aliphatic heterocycles. The summed E-state index contributed by atoms with van der Waals surface area (Å²) in [7, 11) is 0. The van der Waals surface area contributed by atoms with Gasteiger partial charge in [0.2, 0.25) is 0 Å². The average molecular weight is 287 g/mol. The van der Waals surface area contributed by atoms with Gasteiger partial charge in [-0.15, -0.1) is 0 Å². The standard InChI is InChI=1S/C16H18FN3O/c1-9-4-5-12(7-14(9)17)11(3)20-16(21)13-8-19-10(2)6-15(13)18/h4-8,11H,1-3H3,(H2,18,19)(H,20,21). The number of anilines is 1. The number of nitrogen functional groups attached to an aromatic ring is 1. The molecule has 2 rings (SSSR count). The number of hydrogen-bond donors (Lipinski definition) is 2. The van der Waals surface area contributed by atoms with Crippen LogP contribution in [0.4, 0.5) is 10.1 Å². The number of nitrogens with two attached hydrogens (primary N) is 1. The molecule has 0 radical (unpaired) electrons. The van der Waals surface area contributed by atoms with Crippen molar-refractivity contribution in [2.45, 2.75) is 26.8 Å². The van der Waals surface area contributed by atoms with Crippen LogP contribution in [0.15, 0.2) is 30.5 Å². The smallest absolute Gasteiger partial charge is 0.255 e. The van der Waals surface area contributed by atoms with Crippen molar-refractivity contribution in [2.75, 3.05) is 5.73 Å². The summed E-state index contributed by atoms with van der Waals surface area (Å²) in [5.41, 5.74) is 8.54. The predicted octanol–water partition coefficient (Wildman–Crippen LogP) is 2.91. The summed E-state index contributed by atoms with van der Waals surface area (Å²) in [4.78, 5) is 16.3. The fraction of sp³-hybridized carbons (Fsp3) is 0.250. The number of halogens is 1. The summed E-state index contributed by atoms with van der Waals surface area (Å²) in [5.74, 6) is -0.612. The second kappa shape index (κ2) is 5.91. The van der Waals surface area contributed by atoms with Crippen molar-refractivity contribution in [1.29, 1.82) is 0 Å². The molecule has 5 heteroatoms. The van der Waals surface area contributed by atoms with Gasteiger partial charge in [-0.05, 0) is 44.0 Å². The van der Waals surface area contributed by atoms with Gasteiger partial charge < -0.3 is 11.1 Å². The average Bonchev–Trinajstić information content (AvgIpc) is 2.41. The minimum atomic E-state index is -0.326. The maximum Gasteiger partial charge on any atom is 0.255 e. The zero-order chi connectivity index (χ0) is 15.6. The first-order valence-electron chi connectivity index (χ1n) is 6.67. The van der Waals surface area contributed by atoms with Crippen molar-refractivity contribution in [3.05, 3.63) is 58.7 Å². The van der Waals surface area contributed by atoms with Gasteiger partial charge in [0, 0.05) is 17.6 Å². The highest BCUT2D eigenvalue weighted by atomic mass is 19.1. The second-order valence-corrected chi connectivity index (χ2v) is 5.12. The van der Waals surface area contributed by atoms with Crippen molar-refractivity contribution in [1.82, 2.24) is 10.3 Å². The molecule has 2 aromatic rings. The molecular formula is C16H18FN3O. The summed E-state index contributed by atoms with van der Waals surface area (Å²) in [5, 5.41) is 2.79. The molecule has 1 unspecified atom stereocenters. The van der Waals surface area contributed by atoms with E-state index in [1.807, 2.05) is 0 Å². The lowest BCUT2D eigenvalue weighted by molar-refractivity contribution is 0.0940. The monoisotopic (exact) mass is 287 g/mol. The van der Waals surface area contributed by atoms with Crippen LogP contribution in [0.3, 0.4) is 0 Å². The highest BCUT2D eigenvalue weighted by molar-refractivity contribution is 5.99. The summed E-state index contributed by atoms with van der Waals surface area (Å²) < 4.78 is 13.6. The first-order chi connectivity index (χ1) is 9.88. The zero-order valence-electron chi connectivity index (χ0n) is 12.3. The molecule has 0 aliphatic rings. The fourth-order valence-corrected chi connectivity index (χ4v) is 2.01. The van der Waals surface area contributed by atoms with Crippen molar-refractivity contribution >= 4 is 11.6 Å². The number of nitrogens with one attached hydrogen (secondary N) is 1. The molecule has 0 saturated carbocycles. The number of benzene rings is 1. The molecule has 4 nitrogen and oxygen atoms in total. The van der Waals surface area contributed by atoms with Crippen LogP contribution in [0.5, 0.6) is 0 Å². The van der Waals surface area contributed by atoms with Crippen LogP contribution in [-0.4, -0.2) is 10.9 Å². The van der Waals surface area contributed by atoms with Crippen LogP contribution in [0.2, 0.25) is 0 Å². The van der Waals surface area contributed by atoms with Crippen LogP contribution < -0.4 is 11.1 Å². The zero-order valence-corrected chi connectivity index (χ0v) is 12.3. The molecule has 0 saturated heterocycles. The van der Waals surface area contributed by atoms with Crippen LogP contribution in [-0.2, 0) is 0 Å². The number of carbonyl (C=O) groups excluding carboxylic acids is 1. The normalized spacial score (nSPS) is 12.0. The van der Waals surface area contributed by atoms with E-state index in [9.17, 15) is 9.18 Å². The van der Waals surface area contributed by atoms with Gasteiger partial charge in [-0.1, -0.05) is 12.1 Å². The Hall–Kier alpha value is -2.43. The van der Waals surface area contributed by atoms with Crippen LogP contribution in [0.1, 0.15) is 40.1 Å². The number of aryl methyl sites for hydroxylation is 2. The van der Waals surface area contributed by atoms with Gasteiger partial charge in [0.05, 0.1) is 11.6 Å². The maximum absolute atomic E-state index is 13.6. The number of rotatable bonds is 3. The van der Waals surface area contributed by atoms with Crippen LogP contribution >= 0.6 is 0 Å². The van der Waals surface area contributed by atoms with E-state index in [4.69, 9.17) is 5.73 Å². The van der Waals surface area contributed by atoms with Gasteiger partial charge in [-0.2, -0.15) is 0 Å². The summed E-state index contributed by atoms with van der Waals surface area (Å²) in [6, 6.07) is 6.23. The predicted molar refractivity (Wildman–Crippen MR) is 80.4 cm³/mol. The quantitative estimate of drug-likeness (QED) is 0.912. The van der Waals surface area contributed by atoms with E-state index >= 15 is 0 Å². The molecule has 0 bridgehead atoms. The van der Waals surface area contributed by atoms with Crippen molar-refractivity contribution in [3.8, 4) is 0 Å². The van der Waals surface area contributed by atoms with Gasteiger partial charge >= 0.3 is 0 Å². The first kappa shape index (κ1) is 15.0. The number of hydrogen-bond acceptors (Lipinski definition) is 3. The molecule has 1 aromatic heterocycles. The van der Waals surface area contributed by atoms with Crippen molar-refractivity contribution < 1.29 is 9.18 Å². The SMILES string of the molecule is Cc1cc(N)c(C(=O)NC(C)c2ccc(C)c(F)c2)cn1. The molecule has 3 N–H and O–H groups in total.